The van der Waals surface area contributed by atoms with Gasteiger partial charge in [0.05, 0.1) is 0 Å². The molecule has 2 N–H and O–H groups in total. The minimum Gasteiger partial charge on any atom is -0.327 e. The third-order valence-corrected chi connectivity index (χ3v) is 2.42. The summed E-state index contributed by atoms with van der Waals surface area (Å²) in [6.07, 6.45) is 4.77. The molecule has 0 unspecified atom stereocenters. The zero-order chi connectivity index (χ0) is 10.6. The maximum absolute atomic E-state index is 13.5. The molecule has 1 aromatic carbocycles. The lowest BCUT2D eigenvalue weighted by molar-refractivity contribution is 0.574. The Labute approximate surface area is 86.0 Å². The second-order valence-electron chi connectivity index (χ2n) is 2.65. The molecule has 0 fully saturated rings. The minimum absolute atomic E-state index is 0.236. The Morgan fingerprint density at radius 2 is 2.14 bits per heavy atom. The molecule has 0 aromatic heterocycles. The monoisotopic (exact) mass is 215 g/mol. The number of rotatable bonds is 3. The maximum atomic E-state index is 13.5. The molecule has 0 spiro atoms. The van der Waals surface area contributed by atoms with Crippen molar-refractivity contribution in [1.82, 2.24) is 0 Å². The second-order valence-corrected chi connectivity index (χ2v) is 3.50. The highest BCUT2D eigenvalue weighted by molar-refractivity contribution is 7.98. The summed E-state index contributed by atoms with van der Waals surface area (Å²) in [6, 6.07) is 2.33. The number of benzene rings is 1. The lowest BCUT2D eigenvalue weighted by Crippen LogP contribution is -1.94. The number of nitrogens with two attached hydrogens (primary N) is 1. The van der Waals surface area contributed by atoms with Crippen molar-refractivity contribution in [3.8, 4) is 0 Å². The topological polar surface area (TPSA) is 26.0 Å². The first kappa shape index (κ1) is 11.2. The Morgan fingerprint density at radius 1 is 1.43 bits per heavy atom. The minimum atomic E-state index is -0.438. The van der Waals surface area contributed by atoms with Gasteiger partial charge in [0.25, 0.3) is 0 Å². The van der Waals surface area contributed by atoms with Crippen molar-refractivity contribution < 1.29 is 8.78 Å². The van der Waals surface area contributed by atoms with E-state index >= 15 is 0 Å². The third-order valence-electron chi connectivity index (χ3n) is 1.69. The van der Waals surface area contributed by atoms with Gasteiger partial charge < -0.3 is 5.73 Å². The third kappa shape index (κ3) is 2.56. The Bertz CT molecular complexity index is 350. The van der Waals surface area contributed by atoms with Crippen LogP contribution in [0.15, 0.2) is 23.1 Å². The molecule has 0 radical (unpaired) electrons. The predicted octanol–water partition coefficient (Wildman–Crippen LogP) is 2.66. The first-order chi connectivity index (χ1) is 6.69. The van der Waals surface area contributed by atoms with Crippen LogP contribution in [0.5, 0.6) is 0 Å². The molecule has 0 aliphatic carbocycles. The van der Waals surface area contributed by atoms with Crippen LogP contribution in [0.4, 0.5) is 8.78 Å². The summed E-state index contributed by atoms with van der Waals surface area (Å²) in [5.41, 5.74) is 5.46. The largest absolute Gasteiger partial charge is 0.327 e. The summed E-state index contributed by atoms with van der Waals surface area (Å²) in [5.74, 6) is -0.837. The highest BCUT2D eigenvalue weighted by atomic mass is 32.2. The van der Waals surface area contributed by atoms with E-state index in [0.29, 0.717) is 11.4 Å². The van der Waals surface area contributed by atoms with Gasteiger partial charge in [-0.3, -0.25) is 0 Å². The molecule has 0 saturated carbocycles. The van der Waals surface area contributed by atoms with Gasteiger partial charge in [-0.2, -0.15) is 0 Å². The molecular weight excluding hydrogens is 204 g/mol. The second kappa shape index (κ2) is 5.12. The van der Waals surface area contributed by atoms with Crippen LogP contribution < -0.4 is 5.73 Å². The molecule has 0 saturated heterocycles. The quantitative estimate of drug-likeness (QED) is 0.784. The first-order valence-electron chi connectivity index (χ1n) is 4.08. The molecule has 0 aliphatic heterocycles. The van der Waals surface area contributed by atoms with Crippen molar-refractivity contribution in [1.29, 1.82) is 0 Å². The van der Waals surface area contributed by atoms with E-state index in [9.17, 15) is 8.78 Å². The summed E-state index contributed by atoms with van der Waals surface area (Å²) in [7, 11) is 0. The molecule has 4 heteroatoms. The molecule has 0 amide bonds. The van der Waals surface area contributed by atoms with Crippen LogP contribution in [-0.2, 0) is 0 Å². The lowest BCUT2D eigenvalue weighted by Gasteiger charge is -2.03. The number of thioether (sulfide) groups is 1. The van der Waals surface area contributed by atoms with E-state index in [2.05, 4.69) is 0 Å². The number of halogens is 2. The van der Waals surface area contributed by atoms with Crippen LogP contribution in [0.25, 0.3) is 6.08 Å². The van der Waals surface area contributed by atoms with Crippen LogP contribution in [0.3, 0.4) is 0 Å². The van der Waals surface area contributed by atoms with Crippen molar-refractivity contribution in [3.05, 3.63) is 35.4 Å². The van der Waals surface area contributed by atoms with Crippen molar-refractivity contribution >= 4 is 17.8 Å². The van der Waals surface area contributed by atoms with Gasteiger partial charge in [-0.1, -0.05) is 12.2 Å². The Hall–Kier alpha value is -0.870. The van der Waals surface area contributed by atoms with Gasteiger partial charge in [-0.15, -0.1) is 11.8 Å². The van der Waals surface area contributed by atoms with Gasteiger partial charge in [-0.25, -0.2) is 8.78 Å². The molecule has 0 aliphatic rings. The Balaban J connectivity index is 3.15. The van der Waals surface area contributed by atoms with Crippen molar-refractivity contribution in [2.75, 3.05) is 12.8 Å². The zero-order valence-electron chi connectivity index (χ0n) is 7.76. The summed E-state index contributed by atoms with van der Waals surface area (Å²) >= 11 is 1.18. The molecule has 0 heterocycles. The van der Waals surface area contributed by atoms with Crippen LogP contribution in [0, 0.1) is 11.6 Å². The van der Waals surface area contributed by atoms with Gasteiger partial charge in [0.15, 0.2) is 0 Å². The van der Waals surface area contributed by atoms with Crippen molar-refractivity contribution in [3.63, 3.8) is 0 Å². The first-order valence-corrected chi connectivity index (χ1v) is 5.31. The Kier molecular flexibility index (Phi) is 4.10. The predicted molar refractivity (Wildman–Crippen MR) is 56.2 cm³/mol. The zero-order valence-corrected chi connectivity index (χ0v) is 8.57. The van der Waals surface area contributed by atoms with Crippen molar-refractivity contribution in [2.45, 2.75) is 4.90 Å². The highest BCUT2D eigenvalue weighted by Crippen LogP contribution is 2.24. The fourth-order valence-electron chi connectivity index (χ4n) is 1.05. The summed E-state index contributed by atoms with van der Waals surface area (Å²) < 4.78 is 26.5. The van der Waals surface area contributed by atoms with E-state index in [-0.39, 0.29) is 5.56 Å². The average molecular weight is 215 g/mol. The molecule has 0 bridgehead atoms. The fraction of sp³-hybridized carbons (Fsp3) is 0.200. The fourth-order valence-corrected chi connectivity index (χ4v) is 1.58. The van der Waals surface area contributed by atoms with E-state index in [1.807, 2.05) is 0 Å². The molecule has 1 aromatic rings. The van der Waals surface area contributed by atoms with Gasteiger partial charge in [0.1, 0.15) is 11.6 Å². The highest BCUT2D eigenvalue weighted by Gasteiger charge is 2.07. The van der Waals surface area contributed by atoms with Crippen molar-refractivity contribution in [2.24, 2.45) is 5.73 Å². The number of hydrogen-bond donors (Lipinski definition) is 1. The van der Waals surface area contributed by atoms with E-state index in [4.69, 9.17) is 5.73 Å². The molecule has 1 rings (SSSR count). The number of hydrogen-bond acceptors (Lipinski definition) is 2. The summed E-state index contributed by atoms with van der Waals surface area (Å²) in [4.78, 5) is 0.307. The molecule has 76 valence electrons. The van der Waals surface area contributed by atoms with Crippen LogP contribution >= 0.6 is 11.8 Å². The van der Waals surface area contributed by atoms with Crippen LogP contribution in [0.1, 0.15) is 5.56 Å². The van der Waals surface area contributed by atoms with Crippen LogP contribution in [0.2, 0.25) is 0 Å². The molecular formula is C10H11F2NS. The van der Waals surface area contributed by atoms with E-state index in [1.54, 1.807) is 12.3 Å². The molecule has 0 atom stereocenters. The molecule has 14 heavy (non-hydrogen) atoms. The van der Waals surface area contributed by atoms with E-state index in [1.165, 1.54) is 23.9 Å². The normalized spacial score (nSPS) is 11.1. The Morgan fingerprint density at radius 3 is 2.71 bits per heavy atom. The van der Waals surface area contributed by atoms with Crippen LogP contribution in [-0.4, -0.2) is 12.8 Å². The summed E-state index contributed by atoms with van der Waals surface area (Å²) in [6.45, 7) is 0.310. The van der Waals surface area contributed by atoms with E-state index in [0.717, 1.165) is 6.07 Å². The van der Waals surface area contributed by atoms with Gasteiger partial charge in [0.2, 0.25) is 0 Å². The van der Waals surface area contributed by atoms with Gasteiger partial charge in [0, 0.05) is 17.0 Å². The lowest BCUT2D eigenvalue weighted by atomic mass is 10.2. The smallest absolute Gasteiger partial charge is 0.144 e. The van der Waals surface area contributed by atoms with Gasteiger partial charge in [-0.05, 0) is 18.4 Å². The molecule has 1 nitrogen and oxygen atoms in total. The average Bonchev–Trinajstić information content (AvgIpc) is 2.18. The SMILES string of the molecule is CSc1cc(F)cc(/C=C/CN)c1F. The van der Waals surface area contributed by atoms with Gasteiger partial charge >= 0.3 is 0 Å². The standard InChI is InChI=1S/C10H11F2NS/c1-14-9-6-8(11)5-7(10(9)12)3-2-4-13/h2-3,5-6H,4,13H2,1H3/b3-2+. The maximum Gasteiger partial charge on any atom is 0.144 e. The van der Waals surface area contributed by atoms with E-state index < -0.39 is 11.6 Å². The summed E-state index contributed by atoms with van der Waals surface area (Å²) in [5, 5.41) is 0.